The van der Waals surface area contributed by atoms with Gasteiger partial charge in [-0.3, -0.25) is 4.79 Å². The predicted molar refractivity (Wildman–Crippen MR) is 145 cm³/mol. The maximum absolute atomic E-state index is 11.7. The number of esters is 1. The highest BCUT2D eigenvalue weighted by Crippen LogP contribution is 2.73. The molecule has 4 aliphatic carbocycles. The van der Waals surface area contributed by atoms with Crippen LogP contribution < -0.4 is 0 Å². The molecule has 1 unspecified atom stereocenters. The summed E-state index contributed by atoms with van der Waals surface area (Å²) in [5.41, 5.74) is 0.676. The van der Waals surface area contributed by atoms with Gasteiger partial charge in [0.25, 0.3) is 0 Å². The van der Waals surface area contributed by atoms with Crippen LogP contribution in [0.15, 0.2) is 12.2 Å². The summed E-state index contributed by atoms with van der Waals surface area (Å²) in [4.78, 5) is 11.7. The van der Waals surface area contributed by atoms with E-state index in [0.29, 0.717) is 17.3 Å². The molecule has 1 aliphatic heterocycles. The largest absolute Gasteiger partial charge is 0.463 e. The Bertz CT molecular complexity index is 839. The minimum Gasteiger partial charge on any atom is -0.463 e. The molecule has 5 fully saturated rings. The van der Waals surface area contributed by atoms with Crippen LogP contribution in [0.2, 0.25) is 0 Å². The fourth-order valence-corrected chi connectivity index (χ4v) is 11.5. The van der Waals surface area contributed by atoms with Gasteiger partial charge in [0.05, 0.1) is 17.0 Å². The van der Waals surface area contributed by atoms with Crippen molar-refractivity contribution in [1.82, 2.24) is 0 Å². The average Bonchev–Trinajstić information content (AvgIpc) is 3.22. The normalized spacial score (nSPS) is 48.3. The maximum atomic E-state index is 11.7. The fourth-order valence-electron chi connectivity index (χ4n) is 10.2. The van der Waals surface area contributed by atoms with Gasteiger partial charge < -0.3 is 9.47 Å². The van der Waals surface area contributed by atoms with Crippen LogP contribution in [0.1, 0.15) is 99.3 Å². The molecule has 0 aromatic carbocycles. The highest BCUT2D eigenvalue weighted by Gasteiger charge is 2.72. The molecule has 5 rings (SSSR count). The number of allylic oxidation sites excluding steroid dienone is 2. The highest BCUT2D eigenvalue weighted by molar-refractivity contribution is 9.10. The van der Waals surface area contributed by atoms with E-state index in [1.807, 2.05) is 0 Å². The molecule has 0 radical (unpaired) electrons. The number of halogens is 1. The summed E-state index contributed by atoms with van der Waals surface area (Å²) in [7, 11) is 0. The zero-order chi connectivity index (χ0) is 25.2. The molecular formula is C31H49BrO3. The minimum absolute atomic E-state index is 0.0205. The Kier molecular flexibility index (Phi) is 7.08. The summed E-state index contributed by atoms with van der Waals surface area (Å²) < 4.78 is 12.3. The van der Waals surface area contributed by atoms with Gasteiger partial charge >= 0.3 is 5.97 Å². The Morgan fingerprint density at radius 3 is 2.57 bits per heavy atom. The van der Waals surface area contributed by atoms with Crippen molar-refractivity contribution in [3.05, 3.63) is 12.2 Å². The van der Waals surface area contributed by atoms with Crippen molar-refractivity contribution in [2.45, 2.75) is 116 Å². The van der Waals surface area contributed by atoms with Gasteiger partial charge in [-0.2, -0.15) is 0 Å². The first kappa shape index (κ1) is 26.3. The number of hydrogen-bond acceptors (Lipinski definition) is 3. The third-order valence-corrected chi connectivity index (χ3v) is 13.6. The number of carbonyl (C=O) groups is 1. The Balaban J connectivity index is 1.35. The number of fused-ring (bicyclic) bond motifs is 3. The van der Waals surface area contributed by atoms with Gasteiger partial charge in [-0.25, -0.2) is 0 Å². The minimum atomic E-state index is -0.142. The van der Waals surface area contributed by atoms with Crippen LogP contribution >= 0.6 is 15.9 Å². The van der Waals surface area contributed by atoms with E-state index in [2.05, 4.69) is 62.7 Å². The van der Waals surface area contributed by atoms with Crippen molar-refractivity contribution in [3.63, 3.8) is 0 Å². The van der Waals surface area contributed by atoms with Crippen LogP contribution in [-0.4, -0.2) is 29.1 Å². The van der Waals surface area contributed by atoms with E-state index < -0.39 is 0 Å². The number of rotatable bonds is 6. The lowest BCUT2D eigenvalue weighted by atomic mass is 9.44. The number of alkyl halides is 1. The number of ether oxygens (including phenoxy) is 2. The molecule has 35 heavy (non-hydrogen) atoms. The van der Waals surface area contributed by atoms with Crippen LogP contribution in [0.4, 0.5) is 0 Å². The summed E-state index contributed by atoms with van der Waals surface area (Å²) in [6, 6.07) is 0. The van der Waals surface area contributed by atoms with Crippen molar-refractivity contribution in [2.75, 3.05) is 6.61 Å². The Hall–Kier alpha value is -0.350. The molecule has 0 N–H and O–H groups in total. The molecule has 0 amide bonds. The van der Waals surface area contributed by atoms with Gasteiger partial charge in [-0.15, -0.1) is 0 Å². The van der Waals surface area contributed by atoms with Crippen LogP contribution in [0.3, 0.4) is 0 Å². The van der Waals surface area contributed by atoms with E-state index in [1.54, 1.807) is 6.92 Å². The summed E-state index contributed by atoms with van der Waals surface area (Å²) in [6.45, 7) is 14.7. The smallest absolute Gasteiger partial charge is 0.302 e. The second-order valence-electron chi connectivity index (χ2n) is 13.7. The van der Waals surface area contributed by atoms with Crippen molar-refractivity contribution in [3.8, 4) is 0 Å². The van der Waals surface area contributed by atoms with Crippen molar-refractivity contribution in [2.24, 2.45) is 52.3 Å². The molecule has 4 heteroatoms. The first-order valence-electron chi connectivity index (χ1n) is 14.7. The first-order chi connectivity index (χ1) is 16.6. The quantitative estimate of drug-likeness (QED) is 0.192. The first-order valence-corrected chi connectivity index (χ1v) is 15.5. The SMILES string of the molecule is CC[C@H](/C=C/[C@@H](C)[C@H]1CC[C@H]2[C@@H]3CC4OC[C@@]5(CC[C@H](OC(C)=O)C[C@]45Br)[C@H]3CC[C@]12C)C(C)C. The van der Waals surface area contributed by atoms with Crippen LogP contribution in [-0.2, 0) is 14.3 Å². The molecular weight excluding hydrogens is 500 g/mol. The molecule has 0 aromatic heterocycles. The summed E-state index contributed by atoms with van der Waals surface area (Å²) in [6.07, 6.45) is 16.4. The van der Waals surface area contributed by atoms with Crippen molar-refractivity contribution < 1.29 is 14.3 Å². The Labute approximate surface area is 222 Å². The second kappa shape index (κ2) is 9.44. The predicted octanol–water partition coefficient (Wildman–Crippen LogP) is 7.96. The van der Waals surface area contributed by atoms with Crippen LogP contribution in [0, 0.1) is 52.3 Å². The maximum Gasteiger partial charge on any atom is 0.302 e. The fraction of sp³-hybridized carbons (Fsp3) is 0.903. The molecule has 3 nitrogen and oxygen atoms in total. The lowest BCUT2D eigenvalue weighted by Gasteiger charge is -2.62. The van der Waals surface area contributed by atoms with E-state index in [-0.39, 0.29) is 27.9 Å². The molecule has 0 spiro atoms. The van der Waals surface area contributed by atoms with Gasteiger partial charge in [-0.1, -0.05) is 62.7 Å². The molecule has 5 aliphatic rings. The van der Waals surface area contributed by atoms with Crippen LogP contribution in [0.25, 0.3) is 0 Å². The van der Waals surface area contributed by atoms with E-state index in [0.717, 1.165) is 55.5 Å². The van der Waals surface area contributed by atoms with Gasteiger partial charge in [0.2, 0.25) is 0 Å². The van der Waals surface area contributed by atoms with Gasteiger partial charge in [-0.05, 0) is 98.2 Å². The van der Waals surface area contributed by atoms with Crippen molar-refractivity contribution >= 4 is 21.9 Å². The lowest BCUT2D eigenvalue weighted by Crippen LogP contribution is -2.63. The van der Waals surface area contributed by atoms with Gasteiger partial charge in [0, 0.05) is 18.8 Å². The molecule has 1 saturated heterocycles. The Morgan fingerprint density at radius 1 is 1.11 bits per heavy atom. The third kappa shape index (κ3) is 4.01. The number of carbonyl (C=O) groups excluding carboxylic acids is 1. The second-order valence-corrected chi connectivity index (χ2v) is 15.1. The molecule has 11 atom stereocenters. The van der Waals surface area contributed by atoms with E-state index in [1.165, 1.54) is 38.5 Å². The van der Waals surface area contributed by atoms with Gasteiger partial charge in [0.1, 0.15) is 6.10 Å². The zero-order valence-electron chi connectivity index (χ0n) is 23.0. The standard InChI is InChI=1S/C31H49BrO3/c1-7-22(19(2)3)9-8-20(4)25-10-11-26-24-16-28-31(32)17-23(35-21(5)33)12-15-30(31,18-34-28)27(24)13-14-29(25,26)6/h8-9,19-20,22-28H,7,10-18H2,1-6H3/b9-8+/t20-,22-,23+,24+,25-,26+,27+,28?,29-,30+,31+/m1/s1. The average molecular weight is 550 g/mol. The monoisotopic (exact) mass is 548 g/mol. The molecule has 2 bridgehead atoms. The summed E-state index contributed by atoms with van der Waals surface area (Å²) in [5.74, 6) is 5.12. The van der Waals surface area contributed by atoms with E-state index in [4.69, 9.17) is 9.47 Å². The Morgan fingerprint density at radius 2 is 1.89 bits per heavy atom. The third-order valence-electron chi connectivity index (χ3n) is 12.0. The zero-order valence-corrected chi connectivity index (χ0v) is 24.6. The van der Waals surface area contributed by atoms with Gasteiger partial charge in [0.15, 0.2) is 0 Å². The molecule has 0 aromatic rings. The lowest BCUT2D eigenvalue weighted by molar-refractivity contribution is -0.154. The van der Waals surface area contributed by atoms with Crippen molar-refractivity contribution in [1.29, 1.82) is 0 Å². The summed E-state index contributed by atoms with van der Waals surface area (Å²) in [5, 5.41) is 0. The topological polar surface area (TPSA) is 35.5 Å². The number of hydrogen-bond donors (Lipinski definition) is 0. The van der Waals surface area contributed by atoms with E-state index >= 15 is 0 Å². The van der Waals surface area contributed by atoms with Crippen LogP contribution in [0.5, 0.6) is 0 Å². The molecule has 1 heterocycles. The molecule has 198 valence electrons. The molecule has 4 saturated carbocycles. The van der Waals surface area contributed by atoms with E-state index in [9.17, 15) is 4.79 Å². The highest BCUT2D eigenvalue weighted by atomic mass is 79.9. The summed E-state index contributed by atoms with van der Waals surface area (Å²) >= 11 is 4.30.